The average molecular weight is 268 g/mol. The predicted molar refractivity (Wildman–Crippen MR) is 81.2 cm³/mol. The van der Waals surface area contributed by atoms with Crippen molar-refractivity contribution in [3.63, 3.8) is 0 Å². The van der Waals surface area contributed by atoms with Gasteiger partial charge >= 0.3 is 0 Å². The van der Waals surface area contributed by atoms with Crippen LogP contribution in [-0.2, 0) is 4.79 Å². The lowest BCUT2D eigenvalue weighted by atomic mass is 9.96. The van der Waals surface area contributed by atoms with Crippen LogP contribution in [-0.4, -0.2) is 36.0 Å². The Kier molecular flexibility index (Phi) is 6.84. The Balaban J connectivity index is 2.29. The zero-order valence-corrected chi connectivity index (χ0v) is 13.3. The normalized spacial score (nSPS) is 21.3. The van der Waals surface area contributed by atoms with Crippen LogP contribution in [0.1, 0.15) is 66.2 Å². The molecule has 112 valence electrons. The van der Waals surface area contributed by atoms with Crippen molar-refractivity contribution >= 4 is 5.91 Å². The van der Waals surface area contributed by atoms with Gasteiger partial charge in [0.05, 0.1) is 0 Å². The molecule has 1 unspecified atom stereocenters. The van der Waals surface area contributed by atoms with E-state index in [1.165, 1.54) is 32.1 Å². The molecule has 0 saturated carbocycles. The molecule has 0 aliphatic carbocycles. The second-order valence-electron chi connectivity index (χ2n) is 6.89. The number of nitrogens with zero attached hydrogens (tertiary/aromatic N) is 1. The van der Waals surface area contributed by atoms with Gasteiger partial charge in [0, 0.05) is 31.6 Å². The molecule has 1 fully saturated rings. The van der Waals surface area contributed by atoms with Gasteiger partial charge < -0.3 is 10.2 Å². The Morgan fingerprint density at radius 2 is 2.00 bits per heavy atom. The Bertz CT molecular complexity index is 270. The number of hydrogen-bond donors (Lipinski definition) is 1. The van der Waals surface area contributed by atoms with Gasteiger partial charge in [0.2, 0.25) is 5.91 Å². The first-order chi connectivity index (χ1) is 8.92. The third-order valence-corrected chi connectivity index (χ3v) is 3.89. The van der Waals surface area contributed by atoms with Gasteiger partial charge in [-0.25, -0.2) is 0 Å². The van der Waals surface area contributed by atoms with Crippen molar-refractivity contribution in [3.05, 3.63) is 0 Å². The summed E-state index contributed by atoms with van der Waals surface area (Å²) >= 11 is 0. The third kappa shape index (κ3) is 6.95. The SMILES string of the molecule is CCCC1CCCN(C(=O)CCNC(C)(C)C)CC1. The molecule has 19 heavy (non-hydrogen) atoms. The Morgan fingerprint density at radius 3 is 2.63 bits per heavy atom. The minimum atomic E-state index is 0.102. The van der Waals surface area contributed by atoms with Crippen LogP contribution in [0, 0.1) is 5.92 Å². The Labute approximate surface area is 119 Å². The zero-order valence-electron chi connectivity index (χ0n) is 13.3. The molecule has 1 rings (SSSR count). The molecule has 1 saturated heterocycles. The summed E-state index contributed by atoms with van der Waals surface area (Å²) in [5.41, 5.74) is 0.102. The number of carbonyl (C=O) groups excluding carboxylic acids is 1. The van der Waals surface area contributed by atoms with E-state index in [0.717, 1.165) is 25.6 Å². The maximum atomic E-state index is 12.2. The minimum Gasteiger partial charge on any atom is -0.343 e. The lowest BCUT2D eigenvalue weighted by molar-refractivity contribution is -0.131. The highest BCUT2D eigenvalue weighted by molar-refractivity contribution is 5.76. The summed E-state index contributed by atoms with van der Waals surface area (Å²) in [7, 11) is 0. The fourth-order valence-corrected chi connectivity index (χ4v) is 2.81. The Hall–Kier alpha value is -0.570. The largest absolute Gasteiger partial charge is 0.343 e. The van der Waals surface area contributed by atoms with Crippen molar-refractivity contribution in [2.75, 3.05) is 19.6 Å². The molecule has 1 heterocycles. The molecule has 0 aromatic carbocycles. The predicted octanol–water partition coefficient (Wildman–Crippen LogP) is 3.19. The summed E-state index contributed by atoms with van der Waals surface area (Å²) in [6.07, 6.45) is 6.92. The molecule has 1 aliphatic heterocycles. The summed E-state index contributed by atoms with van der Waals surface area (Å²) in [5, 5.41) is 3.39. The maximum Gasteiger partial charge on any atom is 0.223 e. The van der Waals surface area contributed by atoms with E-state index in [4.69, 9.17) is 0 Å². The number of rotatable bonds is 5. The Morgan fingerprint density at radius 1 is 1.26 bits per heavy atom. The molecule has 1 atom stereocenters. The van der Waals surface area contributed by atoms with Crippen molar-refractivity contribution < 1.29 is 4.79 Å². The zero-order chi connectivity index (χ0) is 14.3. The third-order valence-electron chi connectivity index (χ3n) is 3.89. The van der Waals surface area contributed by atoms with Crippen molar-refractivity contribution in [2.24, 2.45) is 5.92 Å². The van der Waals surface area contributed by atoms with Gasteiger partial charge in [0.25, 0.3) is 0 Å². The number of nitrogens with one attached hydrogen (secondary N) is 1. The van der Waals surface area contributed by atoms with Gasteiger partial charge in [-0.2, -0.15) is 0 Å². The molecule has 0 aromatic heterocycles. The molecule has 3 heteroatoms. The van der Waals surface area contributed by atoms with Gasteiger partial charge in [-0.05, 0) is 46.0 Å². The number of likely N-dealkylation sites (tertiary alicyclic amines) is 1. The topological polar surface area (TPSA) is 32.3 Å². The molecular formula is C16H32N2O. The first-order valence-corrected chi connectivity index (χ1v) is 7.95. The second kappa shape index (κ2) is 7.88. The van der Waals surface area contributed by atoms with Crippen molar-refractivity contribution in [3.8, 4) is 0 Å². The van der Waals surface area contributed by atoms with E-state index >= 15 is 0 Å². The summed E-state index contributed by atoms with van der Waals surface area (Å²) in [6.45, 7) is 11.4. The summed E-state index contributed by atoms with van der Waals surface area (Å²) in [5.74, 6) is 1.17. The minimum absolute atomic E-state index is 0.102. The number of carbonyl (C=O) groups is 1. The summed E-state index contributed by atoms with van der Waals surface area (Å²) in [6, 6.07) is 0. The molecule has 0 spiro atoms. The smallest absolute Gasteiger partial charge is 0.223 e. The van der Waals surface area contributed by atoms with Crippen LogP contribution in [0.3, 0.4) is 0 Å². The van der Waals surface area contributed by atoms with Crippen LogP contribution >= 0.6 is 0 Å². The van der Waals surface area contributed by atoms with Crippen molar-refractivity contribution in [2.45, 2.75) is 71.8 Å². The quantitative estimate of drug-likeness (QED) is 0.830. The molecule has 3 nitrogen and oxygen atoms in total. The number of amides is 1. The first kappa shape index (κ1) is 16.5. The summed E-state index contributed by atoms with van der Waals surface area (Å²) in [4.78, 5) is 14.3. The molecular weight excluding hydrogens is 236 g/mol. The second-order valence-corrected chi connectivity index (χ2v) is 6.89. The molecule has 0 radical (unpaired) electrons. The molecule has 1 aliphatic rings. The molecule has 1 N–H and O–H groups in total. The average Bonchev–Trinajstić information content (AvgIpc) is 2.53. The van der Waals surface area contributed by atoms with E-state index in [0.29, 0.717) is 12.3 Å². The monoisotopic (exact) mass is 268 g/mol. The standard InChI is InChI=1S/C16H32N2O/c1-5-7-14-8-6-12-18(13-10-14)15(19)9-11-17-16(2,3)4/h14,17H,5-13H2,1-4H3. The fraction of sp³-hybridized carbons (Fsp3) is 0.938. The molecule has 0 bridgehead atoms. The van der Waals surface area contributed by atoms with Crippen LogP contribution in [0.25, 0.3) is 0 Å². The molecule has 0 aromatic rings. The van der Waals surface area contributed by atoms with Crippen LogP contribution in [0.4, 0.5) is 0 Å². The maximum absolute atomic E-state index is 12.2. The summed E-state index contributed by atoms with van der Waals surface area (Å²) < 4.78 is 0. The lowest BCUT2D eigenvalue weighted by Gasteiger charge is -2.23. The van der Waals surface area contributed by atoms with E-state index in [2.05, 4.69) is 37.9 Å². The van der Waals surface area contributed by atoms with E-state index in [1.807, 2.05) is 0 Å². The van der Waals surface area contributed by atoms with E-state index in [-0.39, 0.29) is 5.54 Å². The van der Waals surface area contributed by atoms with Crippen molar-refractivity contribution in [1.29, 1.82) is 0 Å². The van der Waals surface area contributed by atoms with E-state index < -0.39 is 0 Å². The number of hydrogen-bond acceptors (Lipinski definition) is 2. The van der Waals surface area contributed by atoms with Crippen LogP contribution in [0.15, 0.2) is 0 Å². The van der Waals surface area contributed by atoms with Crippen LogP contribution < -0.4 is 5.32 Å². The van der Waals surface area contributed by atoms with Crippen LogP contribution in [0.5, 0.6) is 0 Å². The van der Waals surface area contributed by atoms with E-state index in [9.17, 15) is 4.79 Å². The van der Waals surface area contributed by atoms with Gasteiger partial charge in [0.1, 0.15) is 0 Å². The van der Waals surface area contributed by atoms with Crippen LogP contribution in [0.2, 0.25) is 0 Å². The molecule has 1 amide bonds. The van der Waals surface area contributed by atoms with E-state index in [1.54, 1.807) is 0 Å². The van der Waals surface area contributed by atoms with Crippen molar-refractivity contribution in [1.82, 2.24) is 10.2 Å². The lowest BCUT2D eigenvalue weighted by Crippen LogP contribution is -2.40. The van der Waals surface area contributed by atoms with Gasteiger partial charge in [-0.1, -0.05) is 19.8 Å². The van der Waals surface area contributed by atoms with Gasteiger partial charge in [-0.3, -0.25) is 4.79 Å². The highest BCUT2D eigenvalue weighted by Gasteiger charge is 2.20. The van der Waals surface area contributed by atoms with Gasteiger partial charge in [-0.15, -0.1) is 0 Å². The highest BCUT2D eigenvalue weighted by atomic mass is 16.2. The highest BCUT2D eigenvalue weighted by Crippen LogP contribution is 2.22. The fourth-order valence-electron chi connectivity index (χ4n) is 2.81. The van der Waals surface area contributed by atoms with Gasteiger partial charge in [0.15, 0.2) is 0 Å². The first-order valence-electron chi connectivity index (χ1n) is 7.95.